The van der Waals surface area contributed by atoms with Gasteiger partial charge in [0.25, 0.3) is 5.91 Å². The number of methoxy groups -OCH3 is 1. The van der Waals surface area contributed by atoms with Crippen molar-refractivity contribution in [3.8, 4) is 11.5 Å². The molecule has 3 rings (SSSR count). The van der Waals surface area contributed by atoms with Gasteiger partial charge < -0.3 is 29.1 Å². The van der Waals surface area contributed by atoms with Gasteiger partial charge in [-0.05, 0) is 76.1 Å². The van der Waals surface area contributed by atoms with Gasteiger partial charge in [-0.3, -0.25) is 9.69 Å². The Morgan fingerprint density at radius 2 is 1.82 bits per heavy atom. The number of amides is 1. The molecular weight excluding hydrogens is 506 g/mol. The van der Waals surface area contributed by atoms with E-state index in [0.717, 1.165) is 43.8 Å². The zero-order chi connectivity index (χ0) is 29.2. The van der Waals surface area contributed by atoms with E-state index in [1.807, 2.05) is 63.2 Å². The van der Waals surface area contributed by atoms with Crippen molar-refractivity contribution in [2.75, 3.05) is 59.5 Å². The molecule has 222 valence electrons. The van der Waals surface area contributed by atoms with Crippen LogP contribution in [0.2, 0.25) is 0 Å². The largest absolute Gasteiger partial charge is 0.497 e. The number of aliphatic hydroxyl groups is 1. The number of carbonyl (C=O) groups is 1. The molecule has 0 unspecified atom stereocenters. The Morgan fingerprint density at radius 3 is 2.48 bits per heavy atom. The predicted octanol–water partition coefficient (Wildman–Crippen LogP) is 4.69. The van der Waals surface area contributed by atoms with Gasteiger partial charge in [0, 0.05) is 51.9 Å². The number of hydrogen-bond acceptors (Lipinski definition) is 7. The smallest absolute Gasteiger partial charge is 0.258 e. The zero-order valence-corrected chi connectivity index (χ0v) is 25.4. The zero-order valence-electron chi connectivity index (χ0n) is 25.4. The number of likely N-dealkylation sites (N-methyl/N-ethyl adjacent to an activating group) is 1. The van der Waals surface area contributed by atoms with Gasteiger partial charge in [0.1, 0.15) is 11.5 Å². The van der Waals surface area contributed by atoms with Crippen LogP contribution in [0.15, 0.2) is 42.5 Å². The fraction of sp³-hybridized carbons (Fsp3) is 0.594. The SMILES string of the molecule is COc1ccc(CN(C)C[C@H]2OCCCC[C@@H](C)Oc3ccc(N(C)C)cc3C(=O)N([C@H](C)CO)C[C@@H]2C)cc1. The van der Waals surface area contributed by atoms with Crippen molar-refractivity contribution in [1.82, 2.24) is 9.80 Å². The number of aliphatic hydroxyl groups excluding tert-OH is 1. The maximum atomic E-state index is 14.1. The van der Waals surface area contributed by atoms with E-state index in [1.165, 1.54) is 5.56 Å². The van der Waals surface area contributed by atoms with Crippen LogP contribution in [-0.2, 0) is 11.3 Å². The summed E-state index contributed by atoms with van der Waals surface area (Å²) >= 11 is 0. The van der Waals surface area contributed by atoms with E-state index in [0.29, 0.717) is 24.5 Å². The molecule has 2 aromatic carbocycles. The molecule has 40 heavy (non-hydrogen) atoms. The van der Waals surface area contributed by atoms with Gasteiger partial charge in [-0.1, -0.05) is 19.1 Å². The summed E-state index contributed by atoms with van der Waals surface area (Å²) in [7, 11) is 7.69. The highest BCUT2D eigenvalue weighted by molar-refractivity contribution is 5.98. The van der Waals surface area contributed by atoms with E-state index in [4.69, 9.17) is 14.2 Å². The second-order valence-electron chi connectivity index (χ2n) is 11.4. The van der Waals surface area contributed by atoms with E-state index in [9.17, 15) is 9.90 Å². The Bertz CT molecular complexity index is 1060. The number of anilines is 1. The average Bonchev–Trinajstić information content (AvgIpc) is 2.94. The molecule has 0 spiro atoms. The highest BCUT2D eigenvalue weighted by atomic mass is 16.5. The molecule has 0 saturated heterocycles. The maximum Gasteiger partial charge on any atom is 0.258 e. The summed E-state index contributed by atoms with van der Waals surface area (Å²) in [6.45, 7) is 8.57. The molecule has 1 heterocycles. The number of benzene rings is 2. The van der Waals surface area contributed by atoms with Crippen molar-refractivity contribution < 1.29 is 24.1 Å². The molecule has 0 fully saturated rings. The monoisotopic (exact) mass is 555 g/mol. The summed E-state index contributed by atoms with van der Waals surface area (Å²) in [4.78, 5) is 20.1. The number of nitrogens with zero attached hydrogens (tertiary/aromatic N) is 3. The Balaban J connectivity index is 1.87. The fourth-order valence-electron chi connectivity index (χ4n) is 5.07. The van der Waals surface area contributed by atoms with Crippen LogP contribution in [0.4, 0.5) is 5.69 Å². The second-order valence-corrected chi connectivity index (χ2v) is 11.4. The lowest BCUT2D eigenvalue weighted by Gasteiger charge is -2.36. The summed E-state index contributed by atoms with van der Waals surface area (Å²) in [5.74, 6) is 1.34. The molecule has 0 aromatic heterocycles. The predicted molar refractivity (Wildman–Crippen MR) is 161 cm³/mol. The van der Waals surface area contributed by atoms with Crippen molar-refractivity contribution in [3.05, 3.63) is 53.6 Å². The first-order valence-corrected chi connectivity index (χ1v) is 14.5. The van der Waals surface area contributed by atoms with Gasteiger partial charge in [0.05, 0.1) is 37.5 Å². The van der Waals surface area contributed by atoms with E-state index in [2.05, 4.69) is 31.0 Å². The van der Waals surface area contributed by atoms with Gasteiger partial charge in [-0.25, -0.2) is 0 Å². The minimum absolute atomic E-state index is 0.0336. The summed E-state index contributed by atoms with van der Waals surface area (Å²) in [6.07, 6.45) is 2.70. The third-order valence-electron chi connectivity index (χ3n) is 7.65. The molecule has 0 saturated carbocycles. The fourth-order valence-corrected chi connectivity index (χ4v) is 5.07. The van der Waals surface area contributed by atoms with Crippen molar-refractivity contribution in [2.24, 2.45) is 5.92 Å². The van der Waals surface area contributed by atoms with Gasteiger partial charge in [-0.2, -0.15) is 0 Å². The Morgan fingerprint density at radius 1 is 1.10 bits per heavy atom. The third kappa shape index (κ3) is 8.85. The first-order chi connectivity index (χ1) is 19.1. The third-order valence-corrected chi connectivity index (χ3v) is 7.65. The van der Waals surface area contributed by atoms with Crippen LogP contribution in [0, 0.1) is 5.92 Å². The molecule has 4 atom stereocenters. The lowest BCUT2D eigenvalue weighted by Crippen LogP contribution is -2.47. The minimum atomic E-state index is -0.353. The molecule has 1 amide bonds. The van der Waals surface area contributed by atoms with Crippen LogP contribution in [0.3, 0.4) is 0 Å². The Hall–Kier alpha value is -2.81. The molecule has 8 heteroatoms. The highest BCUT2D eigenvalue weighted by Gasteiger charge is 2.30. The van der Waals surface area contributed by atoms with E-state index >= 15 is 0 Å². The molecular formula is C32H49N3O5. The van der Waals surface area contributed by atoms with Gasteiger partial charge in [-0.15, -0.1) is 0 Å². The van der Waals surface area contributed by atoms with Crippen molar-refractivity contribution in [3.63, 3.8) is 0 Å². The lowest BCUT2D eigenvalue weighted by atomic mass is 10.0. The lowest BCUT2D eigenvalue weighted by molar-refractivity contribution is -0.0177. The minimum Gasteiger partial charge on any atom is -0.497 e. The molecule has 0 aliphatic carbocycles. The summed E-state index contributed by atoms with van der Waals surface area (Å²) in [5, 5.41) is 10.1. The van der Waals surface area contributed by atoms with E-state index in [-0.39, 0.29) is 36.7 Å². The quantitative estimate of drug-likeness (QED) is 0.507. The average molecular weight is 556 g/mol. The van der Waals surface area contributed by atoms with Crippen LogP contribution < -0.4 is 14.4 Å². The molecule has 2 aromatic rings. The normalized spacial score (nSPS) is 21.8. The van der Waals surface area contributed by atoms with Crippen LogP contribution in [0.25, 0.3) is 0 Å². The first-order valence-electron chi connectivity index (χ1n) is 14.5. The molecule has 1 aliphatic rings. The summed E-state index contributed by atoms with van der Waals surface area (Å²) in [5.41, 5.74) is 2.65. The molecule has 1 N–H and O–H groups in total. The van der Waals surface area contributed by atoms with Gasteiger partial charge in [0.15, 0.2) is 0 Å². The number of fused-ring (bicyclic) bond motifs is 1. The number of hydrogen-bond donors (Lipinski definition) is 1. The second kappa shape index (κ2) is 15.3. The van der Waals surface area contributed by atoms with Crippen LogP contribution in [0.5, 0.6) is 11.5 Å². The number of carbonyl (C=O) groups excluding carboxylic acids is 1. The maximum absolute atomic E-state index is 14.1. The Labute approximate surface area is 240 Å². The van der Waals surface area contributed by atoms with Gasteiger partial charge >= 0.3 is 0 Å². The highest BCUT2D eigenvalue weighted by Crippen LogP contribution is 2.29. The number of rotatable bonds is 8. The Kier molecular flexibility index (Phi) is 12.1. The van der Waals surface area contributed by atoms with Crippen LogP contribution in [0.1, 0.15) is 56.0 Å². The van der Waals surface area contributed by atoms with Crippen molar-refractivity contribution in [2.45, 2.75) is 64.8 Å². The topological polar surface area (TPSA) is 74.7 Å². The summed E-state index contributed by atoms with van der Waals surface area (Å²) < 4.78 is 18.1. The molecule has 1 aliphatic heterocycles. The molecule has 0 radical (unpaired) electrons. The first kappa shape index (κ1) is 31.7. The van der Waals surface area contributed by atoms with Crippen LogP contribution in [-0.4, -0.2) is 93.6 Å². The van der Waals surface area contributed by atoms with Crippen LogP contribution >= 0.6 is 0 Å². The van der Waals surface area contributed by atoms with Gasteiger partial charge in [0.2, 0.25) is 0 Å². The molecule has 0 bridgehead atoms. The van der Waals surface area contributed by atoms with Crippen molar-refractivity contribution in [1.29, 1.82) is 0 Å². The number of ether oxygens (including phenoxy) is 3. The molecule has 8 nitrogen and oxygen atoms in total. The van der Waals surface area contributed by atoms with E-state index < -0.39 is 0 Å². The van der Waals surface area contributed by atoms with E-state index in [1.54, 1.807) is 12.0 Å². The standard InChI is InChI=1S/C32H49N3O5/c1-23-19-35(24(2)22-36)32(37)29-18-27(33(4)5)13-16-30(29)40-25(3)10-8-9-17-39-31(23)21-34(6)20-26-11-14-28(38-7)15-12-26/h11-16,18,23-25,31,36H,8-10,17,19-22H2,1-7H3/t23-,24+,25+,31+/m0/s1. The summed E-state index contributed by atoms with van der Waals surface area (Å²) in [6, 6.07) is 13.5. The van der Waals surface area contributed by atoms with Crippen molar-refractivity contribution >= 4 is 11.6 Å².